The Hall–Kier alpha value is -1.63. The van der Waals surface area contributed by atoms with Crippen LogP contribution in [0.5, 0.6) is 0 Å². The quantitative estimate of drug-likeness (QED) is 0.592. The van der Waals surface area contributed by atoms with Crippen molar-refractivity contribution in [3.8, 4) is 6.07 Å². The first-order valence-corrected chi connectivity index (χ1v) is 9.42. The fraction of sp³-hybridized carbons (Fsp3) is 0.400. The molecule has 0 bridgehead atoms. The van der Waals surface area contributed by atoms with Gasteiger partial charge in [0.1, 0.15) is 11.1 Å². The van der Waals surface area contributed by atoms with Gasteiger partial charge >= 0.3 is 0 Å². The van der Waals surface area contributed by atoms with Crippen molar-refractivity contribution in [3.05, 3.63) is 50.9 Å². The van der Waals surface area contributed by atoms with Crippen LogP contribution in [0.3, 0.4) is 0 Å². The molecule has 0 saturated heterocycles. The van der Waals surface area contributed by atoms with Gasteiger partial charge in [0.2, 0.25) is 0 Å². The van der Waals surface area contributed by atoms with Gasteiger partial charge in [0.15, 0.2) is 0 Å². The number of hydrogen-bond acceptors (Lipinski definition) is 3. The molecule has 1 aliphatic carbocycles. The first-order valence-electron chi connectivity index (χ1n) is 8.22. The Bertz CT molecular complexity index is 821. The monoisotopic (exact) mass is 356 g/mol. The lowest BCUT2D eigenvalue weighted by atomic mass is 9.72. The summed E-state index contributed by atoms with van der Waals surface area (Å²) in [7, 11) is 0. The van der Waals surface area contributed by atoms with Crippen molar-refractivity contribution >= 4 is 34.2 Å². The summed E-state index contributed by atoms with van der Waals surface area (Å²) in [5, 5.41) is 11.1. The van der Waals surface area contributed by atoms with E-state index in [1.54, 1.807) is 17.6 Å². The molecule has 0 amide bonds. The van der Waals surface area contributed by atoms with Crippen LogP contribution in [0.15, 0.2) is 29.3 Å². The van der Waals surface area contributed by atoms with Crippen LogP contribution in [0, 0.1) is 22.7 Å². The molecule has 0 aliphatic heterocycles. The average Bonchev–Trinajstić information content (AvgIpc) is 2.88. The van der Waals surface area contributed by atoms with Gasteiger partial charge in [-0.3, -0.25) is 0 Å². The standard InChI is InChI=1S/C20H21ClN2S/c1-20(2,3)14-7-8-16-17(11-22)19(24-18(16)10-14)23-12-13-5-4-6-15(21)9-13/h4-6,9,12,14H,7-8,10H2,1-3H3/t14-/m1/s1. The minimum Gasteiger partial charge on any atom is -0.244 e. The number of thiophene rings is 1. The second-order valence-corrected chi connectivity index (χ2v) is 8.93. The maximum atomic E-state index is 9.59. The lowest BCUT2D eigenvalue weighted by Gasteiger charge is -2.33. The van der Waals surface area contributed by atoms with Gasteiger partial charge in [0.05, 0.1) is 5.56 Å². The van der Waals surface area contributed by atoms with Gasteiger partial charge in [0, 0.05) is 16.1 Å². The summed E-state index contributed by atoms with van der Waals surface area (Å²) in [5.41, 5.74) is 3.24. The number of rotatable bonds is 2. The molecule has 24 heavy (non-hydrogen) atoms. The molecule has 0 saturated carbocycles. The lowest BCUT2D eigenvalue weighted by molar-refractivity contribution is 0.218. The Morgan fingerprint density at radius 2 is 2.17 bits per heavy atom. The first kappa shape index (κ1) is 17.2. The third kappa shape index (κ3) is 3.55. The zero-order valence-corrected chi connectivity index (χ0v) is 15.8. The van der Waals surface area contributed by atoms with Crippen molar-refractivity contribution in [2.45, 2.75) is 40.0 Å². The minimum atomic E-state index is 0.304. The molecule has 2 aromatic rings. The van der Waals surface area contributed by atoms with Crippen LogP contribution >= 0.6 is 22.9 Å². The van der Waals surface area contributed by atoms with E-state index in [2.05, 4.69) is 31.8 Å². The van der Waals surface area contributed by atoms with Crippen molar-refractivity contribution in [1.82, 2.24) is 0 Å². The second kappa shape index (κ2) is 6.70. The number of hydrogen-bond donors (Lipinski definition) is 0. The molecule has 0 radical (unpaired) electrons. The first-order chi connectivity index (χ1) is 11.4. The summed E-state index contributed by atoms with van der Waals surface area (Å²) in [5.74, 6) is 0.667. The van der Waals surface area contributed by atoms with Crippen LogP contribution < -0.4 is 0 Å². The molecule has 0 N–H and O–H groups in total. The number of nitriles is 1. The maximum absolute atomic E-state index is 9.59. The summed E-state index contributed by atoms with van der Waals surface area (Å²) in [4.78, 5) is 5.94. The van der Waals surface area contributed by atoms with E-state index in [4.69, 9.17) is 11.6 Å². The van der Waals surface area contributed by atoms with Crippen molar-refractivity contribution in [2.24, 2.45) is 16.3 Å². The summed E-state index contributed by atoms with van der Waals surface area (Å²) >= 11 is 7.69. The number of benzene rings is 1. The smallest absolute Gasteiger partial charge is 0.134 e. The maximum Gasteiger partial charge on any atom is 0.134 e. The normalized spacial score (nSPS) is 17.7. The Morgan fingerprint density at radius 1 is 1.38 bits per heavy atom. The molecule has 1 aromatic heterocycles. The van der Waals surface area contributed by atoms with E-state index >= 15 is 0 Å². The largest absolute Gasteiger partial charge is 0.244 e. The van der Waals surface area contributed by atoms with Crippen LogP contribution in [0.1, 0.15) is 48.8 Å². The van der Waals surface area contributed by atoms with Crippen LogP contribution in [0.2, 0.25) is 5.02 Å². The SMILES string of the molecule is CC(C)(C)[C@@H]1CCc2c(sc(N=Cc3cccc(Cl)c3)c2C#N)C1. The van der Waals surface area contributed by atoms with Gasteiger partial charge in [-0.05, 0) is 53.9 Å². The Kier molecular flexibility index (Phi) is 4.80. The van der Waals surface area contributed by atoms with Gasteiger partial charge < -0.3 is 0 Å². The highest BCUT2D eigenvalue weighted by atomic mass is 35.5. The van der Waals surface area contributed by atoms with Gasteiger partial charge in [-0.15, -0.1) is 11.3 Å². The number of aliphatic imine (C=N–C) groups is 1. The van der Waals surface area contributed by atoms with Crippen molar-refractivity contribution in [3.63, 3.8) is 0 Å². The van der Waals surface area contributed by atoms with E-state index in [9.17, 15) is 5.26 Å². The van der Waals surface area contributed by atoms with E-state index in [0.717, 1.165) is 35.4 Å². The number of nitrogens with zero attached hydrogens (tertiary/aromatic N) is 2. The molecule has 4 heteroatoms. The minimum absolute atomic E-state index is 0.304. The molecule has 1 aromatic carbocycles. The van der Waals surface area contributed by atoms with Crippen LogP contribution in [-0.4, -0.2) is 6.21 Å². The third-order valence-electron chi connectivity index (χ3n) is 4.76. The second-order valence-electron chi connectivity index (χ2n) is 7.41. The highest BCUT2D eigenvalue weighted by Gasteiger charge is 2.32. The number of halogens is 1. The predicted octanol–water partition coefficient (Wildman–Crippen LogP) is 6.17. The zero-order chi connectivity index (χ0) is 17.3. The Balaban J connectivity index is 1.91. The number of fused-ring (bicyclic) bond motifs is 1. The fourth-order valence-corrected chi connectivity index (χ4v) is 4.66. The van der Waals surface area contributed by atoms with Crippen molar-refractivity contribution < 1.29 is 0 Å². The molecule has 3 rings (SSSR count). The molecule has 0 unspecified atom stereocenters. The van der Waals surface area contributed by atoms with E-state index in [1.807, 2.05) is 24.3 Å². The molecule has 0 spiro atoms. The van der Waals surface area contributed by atoms with E-state index < -0.39 is 0 Å². The van der Waals surface area contributed by atoms with Gasteiger partial charge in [-0.25, -0.2) is 4.99 Å². The third-order valence-corrected chi connectivity index (χ3v) is 6.16. The average molecular weight is 357 g/mol. The van der Waals surface area contributed by atoms with E-state index in [0.29, 0.717) is 16.4 Å². The van der Waals surface area contributed by atoms with Gasteiger partial charge in [0.25, 0.3) is 0 Å². The van der Waals surface area contributed by atoms with Gasteiger partial charge in [-0.1, -0.05) is 44.5 Å². The summed E-state index contributed by atoms with van der Waals surface area (Å²) in [6.07, 6.45) is 5.00. The molecule has 0 fully saturated rings. The van der Waals surface area contributed by atoms with Crippen molar-refractivity contribution in [1.29, 1.82) is 5.26 Å². The van der Waals surface area contributed by atoms with Gasteiger partial charge in [-0.2, -0.15) is 5.26 Å². The predicted molar refractivity (Wildman–Crippen MR) is 103 cm³/mol. The highest BCUT2D eigenvalue weighted by molar-refractivity contribution is 7.16. The van der Waals surface area contributed by atoms with Crippen molar-refractivity contribution in [2.75, 3.05) is 0 Å². The topological polar surface area (TPSA) is 36.1 Å². The summed E-state index contributed by atoms with van der Waals surface area (Å²) < 4.78 is 0. The Morgan fingerprint density at radius 3 is 2.83 bits per heavy atom. The lowest BCUT2D eigenvalue weighted by Crippen LogP contribution is -2.26. The molecular formula is C20H21ClN2S. The molecule has 1 heterocycles. The van der Waals surface area contributed by atoms with Crippen LogP contribution in [0.25, 0.3) is 0 Å². The molecule has 1 aliphatic rings. The highest BCUT2D eigenvalue weighted by Crippen LogP contribution is 2.44. The molecule has 1 atom stereocenters. The van der Waals surface area contributed by atoms with E-state index in [-0.39, 0.29) is 0 Å². The molecule has 124 valence electrons. The Labute approximate surface area is 152 Å². The fourth-order valence-electron chi connectivity index (χ4n) is 3.24. The summed E-state index contributed by atoms with van der Waals surface area (Å²) in [6, 6.07) is 9.96. The van der Waals surface area contributed by atoms with E-state index in [1.165, 1.54) is 10.4 Å². The molecule has 2 nitrogen and oxygen atoms in total. The van der Waals surface area contributed by atoms with Crippen LogP contribution in [-0.2, 0) is 12.8 Å². The zero-order valence-electron chi connectivity index (χ0n) is 14.3. The van der Waals surface area contributed by atoms with Crippen LogP contribution in [0.4, 0.5) is 5.00 Å². The summed E-state index contributed by atoms with van der Waals surface area (Å²) in [6.45, 7) is 6.92. The molecular weight excluding hydrogens is 336 g/mol.